The average Bonchev–Trinajstić information content (AvgIpc) is 3.38. The molecule has 2 aromatic rings. The maximum absolute atomic E-state index is 14.3. The van der Waals surface area contributed by atoms with E-state index < -0.39 is 29.5 Å². The normalized spacial score (nSPS) is 14.1. The maximum atomic E-state index is 14.3. The molecule has 1 fully saturated rings. The molecule has 140 valence electrons. The summed E-state index contributed by atoms with van der Waals surface area (Å²) in [6.07, 6.45) is -0.613. The molecule has 1 heterocycles. The summed E-state index contributed by atoms with van der Waals surface area (Å²) in [7, 11) is 1.22. The second-order valence-electron chi connectivity index (χ2n) is 6.77. The summed E-state index contributed by atoms with van der Waals surface area (Å²) in [5, 5.41) is 3.49. The molecule has 1 aromatic carbocycles. The van der Waals surface area contributed by atoms with Crippen molar-refractivity contribution in [3.8, 4) is 0 Å². The van der Waals surface area contributed by atoms with Crippen molar-refractivity contribution in [1.29, 1.82) is 0 Å². The van der Waals surface area contributed by atoms with Crippen LogP contribution in [0.3, 0.4) is 0 Å². The number of hydrogen-bond donors (Lipinski definition) is 0. The lowest BCUT2D eigenvalue weighted by molar-refractivity contribution is 0.0711. The Morgan fingerprint density at radius 2 is 2.04 bits per heavy atom. The van der Waals surface area contributed by atoms with Gasteiger partial charge in [-0.3, -0.25) is 4.79 Å². The number of hydrogen-bond acceptors (Lipinski definition) is 2. The largest absolute Gasteiger partial charge is 0.331 e. The van der Waals surface area contributed by atoms with Gasteiger partial charge in [0.05, 0.1) is 0 Å². The van der Waals surface area contributed by atoms with Gasteiger partial charge in [-0.05, 0) is 37.3 Å². The van der Waals surface area contributed by atoms with Gasteiger partial charge in [0.1, 0.15) is 11.3 Å². The molecule has 0 saturated heterocycles. The molecule has 0 aliphatic heterocycles. The minimum absolute atomic E-state index is 0.0437. The predicted octanol–water partition coefficient (Wildman–Crippen LogP) is 4.17. The standard InChI is InChI=1S/C19H22F3N3O/c1-4-12-6-5-11(2)9-13(12)10-25(14-7-8-14)19(26)15-16(17(20)21)23-24(3)18(15)22/h5-6,9,14,17H,4,7-8,10H2,1-3H3. The van der Waals surface area contributed by atoms with Gasteiger partial charge in [-0.1, -0.05) is 30.7 Å². The van der Waals surface area contributed by atoms with Crippen LogP contribution in [-0.2, 0) is 20.0 Å². The van der Waals surface area contributed by atoms with Crippen LogP contribution in [0.4, 0.5) is 13.2 Å². The van der Waals surface area contributed by atoms with E-state index in [2.05, 4.69) is 5.10 Å². The van der Waals surface area contributed by atoms with Gasteiger partial charge >= 0.3 is 0 Å². The van der Waals surface area contributed by atoms with E-state index >= 15 is 0 Å². The molecule has 0 radical (unpaired) electrons. The Kier molecular flexibility index (Phi) is 5.07. The van der Waals surface area contributed by atoms with Crippen molar-refractivity contribution in [2.75, 3.05) is 0 Å². The van der Waals surface area contributed by atoms with Crippen molar-refractivity contribution in [3.63, 3.8) is 0 Å². The Labute approximate surface area is 150 Å². The fourth-order valence-electron chi connectivity index (χ4n) is 3.20. The molecule has 26 heavy (non-hydrogen) atoms. The lowest BCUT2D eigenvalue weighted by Crippen LogP contribution is -2.34. The number of carbonyl (C=O) groups is 1. The van der Waals surface area contributed by atoms with Gasteiger partial charge in [-0.2, -0.15) is 9.49 Å². The molecule has 0 atom stereocenters. The highest BCUT2D eigenvalue weighted by Gasteiger charge is 2.38. The van der Waals surface area contributed by atoms with E-state index in [0.717, 1.165) is 36.0 Å². The first-order valence-electron chi connectivity index (χ1n) is 8.73. The Morgan fingerprint density at radius 1 is 1.35 bits per heavy atom. The molecule has 1 amide bonds. The molecule has 3 rings (SSSR count). The van der Waals surface area contributed by atoms with E-state index in [-0.39, 0.29) is 12.6 Å². The van der Waals surface area contributed by atoms with Gasteiger partial charge < -0.3 is 4.90 Å². The summed E-state index contributed by atoms with van der Waals surface area (Å²) in [5.74, 6) is -1.73. The van der Waals surface area contributed by atoms with E-state index in [0.29, 0.717) is 4.68 Å². The molecule has 1 aromatic heterocycles. The first kappa shape index (κ1) is 18.5. The minimum atomic E-state index is -3.00. The van der Waals surface area contributed by atoms with E-state index in [1.807, 2.05) is 32.0 Å². The smallest absolute Gasteiger partial charge is 0.283 e. The maximum Gasteiger partial charge on any atom is 0.283 e. The zero-order valence-corrected chi connectivity index (χ0v) is 15.1. The fraction of sp³-hybridized carbons (Fsp3) is 0.474. The van der Waals surface area contributed by atoms with Gasteiger partial charge in [0.2, 0.25) is 5.95 Å². The molecule has 0 spiro atoms. The highest BCUT2D eigenvalue weighted by Crippen LogP contribution is 2.33. The van der Waals surface area contributed by atoms with Crippen molar-refractivity contribution in [3.05, 3.63) is 52.1 Å². The number of aromatic nitrogens is 2. The molecule has 1 saturated carbocycles. The van der Waals surface area contributed by atoms with Gasteiger partial charge in [0, 0.05) is 19.6 Å². The Hall–Kier alpha value is -2.31. The lowest BCUT2D eigenvalue weighted by atomic mass is 10.0. The summed E-state index contributed by atoms with van der Waals surface area (Å²) >= 11 is 0. The van der Waals surface area contributed by atoms with E-state index in [1.165, 1.54) is 11.9 Å². The predicted molar refractivity (Wildman–Crippen MR) is 91.6 cm³/mol. The number of benzene rings is 1. The Bertz CT molecular complexity index is 828. The number of nitrogens with zero attached hydrogens (tertiary/aromatic N) is 3. The van der Waals surface area contributed by atoms with Crippen LogP contribution in [0.1, 0.15) is 58.9 Å². The van der Waals surface area contributed by atoms with E-state index in [9.17, 15) is 18.0 Å². The zero-order valence-electron chi connectivity index (χ0n) is 15.1. The summed E-state index contributed by atoms with van der Waals surface area (Å²) in [6.45, 7) is 4.26. The average molecular weight is 365 g/mol. The molecule has 1 aliphatic rings. The molecular formula is C19H22F3N3O. The number of amides is 1. The van der Waals surface area contributed by atoms with Crippen LogP contribution in [-0.4, -0.2) is 26.6 Å². The second kappa shape index (κ2) is 7.13. The van der Waals surface area contributed by atoms with Crippen LogP contribution in [0, 0.1) is 12.9 Å². The van der Waals surface area contributed by atoms with Crippen molar-refractivity contribution in [2.45, 2.75) is 52.1 Å². The van der Waals surface area contributed by atoms with Crippen LogP contribution in [0.2, 0.25) is 0 Å². The Morgan fingerprint density at radius 3 is 2.62 bits per heavy atom. The zero-order chi connectivity index (χ0) is 19.0. The molecule has 0 unspecified atom stereocenters. The van der Waals surface area contributed by atoms with E-state index in [1.54, 1.807) is 0 Å². The SMILES string of the molecule is CCc1ccc(C)cc1CN(C(=O)c1c(C(F)F)nn(C)c1F)C1CC1. The summed E-state index contributed by atoms with van der Waals surface area (Å²) in [6, 6.07) is 5.96. The number of alkyl halides is 2. The number of halogens is 3. The molecule has 0 bridgehead atoms. The quantitative estimate of drug-likeness (QED) is 0.771. The number of rotatable bonds is 6. The van der Waals surface area contributed by atoms with Crippen molar-refractivity contribution < 1.29 is 18.0 Å². The first-order chi connectivity index (χ1) is 12.3. The highest BCUT2D eigenvalue weighted by molar-refractivity contribution is 5.96. The minimum Gasteiger partial charge on any atom is -0.331 e. The number of aryl methyl sites for hydroxylation is 3. The van der Waals surface area contributed by atoms with Gasteiger partial charge in [-0.25, -0.2) is 13.5 Å². The lowest BCUT2D eigenvalue weighted by Gasteiger charge is -2.24. The third-order valence-corrected chi connectivity index (χ3v) is 4.76. The Balaban J connectivity index is 1.97. The molecule has 1 aliphatic carbocycles. The van der Waals surface area contributed by atoms with Crippen LogP contribution in [0.25, 0.3) is 0 Å². The van der Waals surface area contributed by atoms with Crippen molar-refractivity contribution >= 4 is 5.91 Å². The summed E-state index contributed by atoms with van der Waals surface area (Å²) in [5.41, 5.74) is 1.72. The third kappa shape index (κ3) is 3.48. The van der Waals surface area contributed by atoms with Crippen LogP contribution in [0.5, 0.6) is 0 Å². The fourth-order valence-corrected chi connectivity index (χ4v) is 3.20. The van der Waals surface area contributed by atoms with Gasteiger partial charge in [0.15, 0.2) is 0 Å². The molecule has 7 heteroatoms. The summed E-state index contributed by atoms with van der Waals surface area (Å²) in [4.78, 5) is 14.5. The van der Waals surface area contributed by atoms with Crippen LogP contribution < -0.4 is 0 Å². The second-order valence-corrected chi connectivity index (χ2v) is 6.77. The monoisotopic (exact) mass is 365 g/mol. The molecule has 4 nitrogen and oxygen atoms in total. The summed E-state index contributed by atoms with van der Waals surface area (Å²) < 4.78 is 41.5. The highest BCUT2D eigenvalue weighted by atomic mass is 19.3. The van der Waals surface area contributed by atoms with Crippen molar-refractivity contribution in [1.82, 2.24) is 14.7 Å². The molecular weight excluding hydrogens is 343 g/mol. The van der Waals surface area contributed by atoms with Crippen LogP contribution in [0.15, 0.2) is 18.2 Å². The van der Waals surface area contributed by atoms with Crippen molar-refractivity contribution in [2.24, 2.45) is 7.05 Å². The van der Waals surface area contributed by atoms with Gasteiger partial charge in [0.25, 0.3) is 12.3 Å². The van der Waals surface area contributed by atoms with E-state index in [4.69, 9.17) is 0 Å². The first-order valence-corrected chi connectivity index (χ1v) is 8.73. The topological polar surface area (TPSA) is 38.1 Å². The van der Waals surface area contributed by atoms with Gasteiger partial charge in [-0.15, -0.1) is 0 Å². The third-order valence-electron chi connectivity index (χ3n) is 4.76. The number of carbonyl (C=O) groups excluding carboxylic acids is 1. The molecule has 0 N–H and O–H groups in total. The van der Waals surface area contributed by atoms with Crippen LogP contribution >= 0.6 is 0 Å².